The van der Waals surface area contributed by atoms with Crippen molar-refractivity contribution in [2.75, 3.05) is 0 Å². The van der Waals surface area contributed by atoms with Crippen molar-refractivity contribution in [3.05, 3.63) is 47.5 Å². The molecule has 0 saturated heterocycles. The number of carbonyl (C=O) groups is 1. The van der Waals surface area contributed by atoms with E-state index in [0.29, 0.717) is 6.42 Å². The molecule has 1 aromatic rings. The molecule has 2 heteroatoms. The van der Waals surface area contributed by atoms with Crippen LogP contribution in [0.1, 0.15) is 38.3 Å². The van der Waals surface area contributed by atoms with Crippen LogP contribution in [-0.2, 0) is 16.8 Å². The first-order valence-corrected chi connectivity index (χ1v) is 6.41. The Kier molecular flexibility index (Phi) is 3.16. The van der Waals surface area contributed by atoms with Crippen LogP contribution in [0, 0.1) is 5.41 Å². The highest BCUT2D eigenvalue weighted by atomic mass is 16.3. The van der Waals surface area contributed by atoms with Crippen molar-refractivity contribution >= 4 is 5.78 Å². The van der Waals surface area contributed by atoms with Crippen molar-refractivity contribution in [1.82, 2.24) is 0 Å². The van der Waals surface area contributed by atoms with Crippen molar-refractivity contribution in [2.45, 2.75) is 39.2 Å². The average molecular weight is 244 g/mol. The molecule has 2 rings (SSSR count). The van der Waals surface area contributed by atoms with Crippen LogP contribution in [0.15, 0.2) is 36.4 Å². The van der Waals surface area contributed by atoms with Crippen LogP contribution in [0.4, 0.5) is 0 Å². The van der Waals surface area contributed by atoms with E-state index in [0.717, 1.165) is 17.5 Å². The summed E-state index contributed by atoms with van der Waals surface area (Å²) in [4.78, 5) is 12.3. The first-order valence-electron chi connectivity index (χ1n) is 6.41. The number of Topliss-reactive ketones (excluding diaryl/α,β-unsaturated/α-hetero) is 1. The number of benzene rings is 1. The lowest BCUT2D eigenvalue weighted by Gasteiger charge is -2.43. The Bertz CT molecular complexity index is 500. The van der Waals surface area contributed by atoms with E-state index in [-0.39, 0.29) is 5.78 Å². The Morgan fingerprint density at radius 3 is 2.61 bits per heavy atom. The van der Waals surface area contributed by atoms with Gasteiger partial charge < -0.3 is 5.11 Å². The molecule has 1 aliphatic carbocycles. The number of aryl methyl sites for hydroxylation is 1. The summed E-state index contributed by atoms with van der Waals surface area (Å²) in [5.41, 5.74) is -0.162. The van der Waals surface area contributed by atoms with Gasteiger partial charge in [0.1, 0.15) is 0 Å². The molecule has 0 fully saturated rings. The van der Waals surface area contributed by atoms with Gasteiger partial charge in [0.25, 0.3) is 0 Å². The summed E-state index contributed by atoms with van der Waals surface area (Å²) in [6.45, 7) is 5.73. The minimum absolute atomic E-state index is 0.0794. The third kappa shape index (κ3) is 1.72. The molecular formula is C16H20O2. The van der Waals surface area contributed by atoms with Gasteiger partial charge in [-0.25, -0.2) is 0 Å². The molecule has 0 amide bonds. The maximum atomic E-state index is 12.3. The predicted molar refractivity (Wildman–Crippen MR) is 72.3 cm³/mol. The maximum Gasteiger partial charge on any atom is 0.170 e. The van der Waals surface area contributed by atoms with Gasteiger partial charge in [-0.1, -0.05) is 50.3 Å². The monoisotopic (exact) mass is 244 g/mol. The molecule has 1 aliphatic rings. The fraction of sp³-hybridized carbons (Fsp3) is 0.438. The van der Waals surface area contributed by atoms with Crippen LogP contribution in [0.5, 0.6) is 0 Å². The predicted octanol–water partition coefficient (Wildman–Crippen LogP) is 2.99. The van der Waals surface area contributed by atoms with Crippen molar-refractivity contribution < 1.29 is 9.90 Å². The van der Waals surface area contributed by atoms with E-state index >= 15 is 0 Å². The standard InChI is InChI=1S/C16H20O2/c1-4-11-15(2,3)16(18)13-8-6-5-7-12(13)9-10-14(16)17/h4-8,11,18H,9-10H2,1-3H3/b11-4+/t16-/m0/s1. The van der Waals surface area contributed by atoms with Gasteiger partial charge in [-0.2, -0.15) is 0 Å². The molecule has 96 valence electrons. The van der Waals surface area contributed by atoms with Crippen molar-refractivity contribution in [2.24, 2.45) is 5.41 Å². The van der Waals surface area contributed by atoms with Crippen LogP contribution in [0.25, 0.3) is 0 Å². The molecule has 0 spiro atoms. The Hall–Kier alpha value is -1.41. The summed E-state index contributed by atoms with van der Waals surface area (Å²) in [6.07, 6.45) is 4.94. The zero-order chi connectivity index (χ0) is 13.4. The van der Waals surface area contributed by atoms with E-state index in [2.05, 4.69) is 0 Å². The molecule has 18 heavy (non-hydrogen) atoms. The van der Waals surface area contributed by atoms with Gasteiger partial charge in [-0.3, -0.25) is 4.79 Å². The summed E-state index contributed by atoms with van der Waals surface area (Å²) >= 11 is 0. The molecule has 0 radical (unpaired) electrons. The molecular weight excluding hydrogens is 224 g/mol. The summed E-state index contributed by atoms with van der Waals surface area (Å²) in [7, 11) is 0. The van der Waals surface area contributed by atoms with Crippen LogP contribution >= 0.6 is 0 Å². The summed E-state index contributed by atoms with van der Waals surface area (Å²) in [6, 6.07) is 7.71. The second-order valence-corrected chi connectivity index (χ2v) is 5.51. The maximum absolute atomic E-state index is 12.3. The number of carbonyl (C=O) groups excluding carboxylic acids is 1. The van der Waals surface area contributed by atoms with Gasteiger partial charge in [-0.15, -0.1) is 0 Å². The van der Waals surface area contributed by atoms with E-state index in [1.165, 1.54) is 0 Å². The molecule has 2 nitrogen and oxygen atoms in total. The fourth-order valence-corrected chi connectivity index (χ4v) is 2.91. The Labute approximate surface area is 108 Å². The highest BCUT2D eigenvalue weighted by Crippen LogP contribution is 2.46. The van der Waals surface area contributed by atoms with Gasteiger partial charge in [0, 0.05) is 11.8 Å². The lowest BCUT2D eigenvalue weighted by atomic mass is 9.63. The Balaban J connectivity index is 2.65. The van der Waals surface area contributed by atoms with E-state index in [9.17, 15) is 9.90 Å². The van der Waals surface area contributed by atoms with Crippen LogP contribution in [0.3, 0.4) is 0 Å². The van der Waals surface area contributed by atoms with E-state index in [4.69, 9.17) is 0 Å². The molecule has 1 atom stereocenters. The van der Waals surface area contributed by atoms with Gasteiger partial charge >= 0.3 is 0 Å². The summed E-state index contributed by atoms with van der Waals surface area (Å²) in [5.74, 6) is -0.0794. The first kappa shape index (κ1) is 13.0. The molecule has 0 heterocycles. The lowest BCUT2D eigenvalue weighted by molar-refractivity contribution is -0.150. The molecule has 1 N–H and O–H groups in total. The second-order valence-electron chi connectivity index (χ2n) is 5.51. The summed E-state index contributed by atoms with van der Waals surface area (Å²) < 4.78 is 0. The highest BCUT2D eigenvalue weighted by molar-refractivity contribution is 5.91. The SMILES string of the molecule is C/C=C/C(C)(C)[C@@]1(O)C(=O)CCc2ccccc21. The third-order valence-electron chi connectivity index (χ3n) is 3.95. The minimum Gasteiger partial charge on any atom is -0.376 e. The largest absolute Gasteiger partial charge is 0.376 e. The molecule has 0 saturated carbocycles. The first-order chi connectivity index (χ1) is 8.43. The van der Waals surface area contributed by atoms with Gasteiger partial charge in [0.05, 0.1) is 0 Å². The molecule has 0 bridgehead atoms. The Morgan fingerprint density at radius 2 is 1.94 bits per heavy atom. The van der Waals surface area contributed by atoms with Crippen molar-refractivity contribution in [1.29, 1.82) is 0 Å². The minimum atomic E-state index is -1.41. The van der Waals surface area contributed by atoms with Gasteiger partial charge in [0.2, 0.25) is 0 Å². The molecule has 1 aromatic carbocycles. The highest BCUT2D eigenvalue weighted by Gasteiger charge is 2.51. The quantitative estimate of drug-likeness (QED) is 0.812. The number of rotatable bonds is 2. The number of allylic oxidation sites excluding steroid dienone is 1. The van der Waals surface area contributed by atoms with E-state index in [1.54, 1.807) is 0 Å². The van der Waals surface area contributed by atoms with E-state index in [1.807, 2.05) is 57.2 Å². The second kappa shape index (κ2) is 4.36. The molecule has 0 unspecified atom stereocenters. The fourth-order valence-electron chi connectivity index (χ4n) is 2.91. The number of ketones is 1. The van der Waals surface area contributed by atoms with E-state index < -0.39 is 11.0 Å². The molecule has 0 aliphatic heterocycles. The lowest BCUT2D eigenvalue weighted by Crippen LogP contribution is -2.50. The van der Waals surface area contributed by atoms with Crippen molar-refractivity contribution in [3.8, 4) is 0 Å². The third-order valence-corrected chi connectivity index (χ3v) is 3.95. The number of fused-ring (bicyclic) bond motifs is 1. The molecule has 0 aromatic heterocycles. The van der Waals surface area contributed by atoms with Crippen LogP contribution in [0.2, 0.25) is 0 Å². The Morgan fingerprint density at radius 1 is 1.28 bits per heavy atom. The summed E-state index contributed by atoms with van der Waals surface area (Å²) in [5, 5.41) is 11.1. The zero-order valence-corrected chi connectivity index (χ0v) is 11.2. The van der Waals surface area contributed by atoms with Gasteiger partial charge in [-0.05, 0) is 24.5 Å². The zero-order valence-electron chi connectivity index (χ0n) is 11.2. The number of hydrogen-bond donors (Lipinski definition) is 1. The average Bonchev–Trinajstić information content (AvgIpc) is 2.34. The van der Waals surface area contributed by atoms with Crippen molar-refractivity contribution in [3.63, 3.8) is 0 Å². The van der Waals surface area contributed by atoms with Crippen LogP contribution in [-0.4, -0.2) is 10.9 Å². The normalized spacial score (nSPS) is 24.3. The topological polar surface area (TPSA) is 37.3 Å². The number of hydrogen-bond acceptors (Lipinski definition) is 2. The smallest absolute Gasteiger partial charge is 0.170 e. The van der Waals surface area contributed by atoms with Crippen LogP contribution < -0.4 is 0 Å². The van der Waals surface area contributed by atoms with Gasteiger partial charge in [0.15, 0.2) is 11.4 Å². The number of aliphatic hydroxyl groups is 1.